The van der Waals surface area contributed by atoms with Gasteiger partial charge in [0, 0.05) is 42.7 Å². The normalized spacial score (nSPS) is 19.7. The fourth-order valence-corrected chi connectivity index (χ4v) is 2.84. The van der Waals surface area contributed by atoms with Gasteiger partial charge in [-0.05, 0) is 45.7 Å². The predicted molar refractivity (Wildman–Crippen MR) is 84.6 cm³/mol. The number of pyridine rings is 1. The first-order chi connectivity index (χ1) is 10.3. The first-order valence-corrected chi connectivity index (χ1v) is 8.35. The maximum atomic E-state index is 6.05. The van der Waals surface area contributed by atoms with Crippen LogP contribution in [-0.2, 0) is 6.54 Å². The van der Waals surface area contributed by atoms with Gasteiger partial charge in [0.15, 0.2) is 0 Å². The fraction of sp³-hybridized carbons (Fsp3) is 0.706. The van der Waals surface area contributed by atoms with Crippen molar-refractivity contribution in [2.75, 3.05) is 26.2 Å². The van der Waals surface area contributed by atoms with Gasteiger partial charge in [0.1, 0.15) is 12.4 Å². The lowest BCUT2D eigenvalue weighted by Gasteiger charge is -2.26. The van der Waals surface area contributed by atoms with E-state index in [9.17, 15) is 0 Å². The summed E-state index contributed by atoms with van der Waals surface area (Å²) in [5.74, 6) is 1.01. The van der Waals surface area contributed by atoms with E-state index in [1.807, 2.05) is 13.1 Å². The Bertz CT molecular complexity index is 453. The van der Waals surface area contributed by atoms with Gasteiger partial charge in [0.25, 0.3) is 0 Å². The van der Waals surface area contributed by atoms with Crippen LogP contribution in [0.15, 0.2) is 12.3 Å². The highest BCUT2D eigenvalue weighted by molar-refractivity contribution is 5.33. The van der Waals surface area contributed by atoms with Crippen molar-refractivity contribution in [3.63, 3.8) is 0 Å². The van der Waals surface area contributed by atoms with Gasteiger partial charge in [-0.1, -0.05) is 6.42 Å². The molecule has 1 N–H and O–H groups in total. The van der Waals surface area contributed by atoms with Crippen LogP contribution in [0, 0.1) is 6.92 Å². The lowest BCUT2D eigenvalue weighted by atomic mass is 10.1. The third-order valence-electron chi connectivity index (χ3n) is 4.35. The van der Waals surface area contributed by atoms with Gasteiger partial charge in [-0.15, -0.1) is 0 Å². The summed E-state index contributed by atoms with van der Waals surface area (Å²) in [4.78, 5) is 6.92. The van der Waals surface area contributed by atoms with E-state index in [-0.39, 0.29) is 0 Å². The van der Waals surface area contributed by atoms with Crippen molar-refractivity contribution in [1.82, 2.24) is 15.2 Å². The average Bonchev–Trinajstić information content (AvgIpc) is 3.32. The van der Waals surface area contributed by atoms with Crippen molar-refractivity contribution >= 4 is 0 Å². The zero-order chi connectivity index (χ0) is 14.5. The predicted octanol–water partition coefficient (Wildman–Crippen LogP) is 2.51. The van der Waals surface area contributed by atoms with E-state index in [1.54, 1.807) is 0 Å². The van der Waals surface area contributed by atoms with Gasteiger partial charge in [-0.2, -0.15) is 0 Å². The maximum absolute atomic E-state index is 6.05. The van der Waals surface area contributed by atoms with Gasteiger partial charge < -0.3 is 10.1 Å². The minimum Gasteiger partial charge on any atom is -0.492 e. The molecule has 21 heavy (non-hydrogen) atoms. The summed E-state index contributed by atoms with van der Waals surface area (Å²) < 4.78 is 6.05. The van der Waals surface area contributed by atoms with Crippen LogP contribution in [0.2, 0.25) is 0 Å². The minimum absolute atomic E-state index is 0.715. The molecule has 0 unspecified atom stereocenters. The molecule has 0 aromatic carbocycles. The largest absolute Gasteiger partial charge is 0.492 e. The van der Waals surface area contributed by atoms with E-state index in [0.29, 0.717) is 6.04 Å². The van der Waals surface area contributed by atoms with E-state index >= 15 is 0 Å². The van der Waals surface area contributed by atoms with Gasteiger partial charge >= 0.3 is 0 Å². The molecule has 0 atom stereocenters. The molecule has 1 aliphatic carbocycles. The second-order valence-corrected chi connectivity index (χ2v) is 6.34. The molecule has 0 radical (unpaired) electrons. The Kier molecular flexibility index (Phi) is 5.09. The number of likely N-dealkylation sites (tertiary alicyclic amines) is 1. The molecular weight excluding hydrogens is 262 g/mol. The molecule has 1 aromatic rings. The van der Waals surface area contributed by atoms with Crippen molar-refractivity contribution in [3.8, 4) is 5.75 Å². The Morgan fingerprint density at radius 3 is 2.86 bits per heavy atom. The zero-order valence-electron chi connectivity index (χ0n) is 13.1. The summed E-state index contributed by atoms with van der Waals surface area (Å²) in [6.45, 7) is 7.17. The molecule has 0 amide bonds. The van der Waals surface area contributed by atoms with Crippen LogP contribution in [0.3, 0.4) is 0 Å². The van der Waals surface area contributed by atoms with Gasteiger partial charge in [-0.25, -0.2) is 0 Å². The number of aryl methyl sites for hydroxylation is 1. The highest BCUT2D eigenvalue weighted by Gasteiger charge is 2.20. The first-order valence-electron chi connectivity index (χ1n) is 8.35. The zero-order valence-corrected chi connectivity index (χ0v) is 13.1. The number of ether oxygens (including phenoxy) is 1. The fourth-order valence-electron chi connectivity index (χ4n) is 2.84. The maximum Gasteiger partial charge on any atom is 0.127 e. The standard InChI is InChI=1S/C17H27N3O/c1-14-11-17(15(12-18-14)13-19-16-5-6-16)21-10-9-20-7-3-2-4-8-20/h11-12,16,19H,2-10,13H2,1H3. The molecule has 1 aromatic heterocycles. The van der Waals surface area contributed by atoms with Gasteiger partial charge in [0.05, 0.1) is 0 Å². The molecule has 0 bridgehead atoms. The topological polar surface area (TPSA) is 37.4 Å². The molecule has 1 aliphatic heterocycles. The van der Waals surface area contributed by atoms with Crippen molar-refractivity contribution in [2.24, 2.45) is 0 Å². The van der Waals surface area contributed by atoms with Crippen molar-refractivity contribution in [3.05, 3.63) is 23.5 Å². The molecule has 0 spiro atoms. The smallest absolute Gasteiger partial charge is 0.127 e. The number of piperidine rings is 1. The number of hydrogen-bond acceptors (Lipinski definition) is 4. The highest BCUT2D eigenvalue weighted by atomic mass is 16.5. The third-order valence-corrected chi connectivity index (χ3v) is 4.35. The lowest BCUT2D eigenvalue weighted by Crippen LogP contribution is -2.33. The van der Waals surface area contributed by atoms with E-state index in [0.717, 1.165) is 31.1 Å². The van der Waals surface area contributed by atoms with Gasteiger partial charge in [0.2, 0.25) is 0 Å². The Balaban J connectivity index is 1.50. The number of nitrogens with zero attached hydrogens (tertiary/aromatic N) is 2. The minimum atomic E-state index is 0.715. The molecule has 4 nitrogen and oxygen atoms in total. The number of nitrogens with one attached hydrogen (secondary N) is 1. The Morgan fingerprint density at radius 2 is 2.10 bits per heavy atom. The van der Waals surface area contributed by atoms with E-state index in [2.05, 4.69) is 21.3 Å². The highest BCUT2D eigenvalue weighted by Crippen LogP contribution is 2.23. The number of rotatable bonds is 7. The molecule has 2 aliphatic rings. The molecular formula is C17H27N3O. The summed E-state index contributed by atoms with van der Waals surface area (Å²) in [5.41, 5.74) is 2.21. The average molecular weight is 289 g/mol. The summed E-state index contributed by atoms with van der Waals surface area (Å²) >= 11 is 0. The van der Waals surface area contributed by atoms with Crippen LogP contribution in [0.1, 0.15) is 43.4 Å². The van der Waals surface area contributed by atoms with Crippen LogP contribution < -0.4 is 10.1 Å². The summed E-state index contributed by atoms with van der Waals surface area (Å²) in [6, 6.07) is 2.78. The second-order valence-electron chi connectivity index (χ2n) is 6.34. The molecule has 1 saturated carbocycles. The van der Waals surface area contributed by atoms with Crippen molar-refractivity contribution in [2.45, 2.75) is 51.6 Å². The molecule has 4 heteroatoms. The number of aromatic nitrogens is 1. The van der Waals surface area contributed by atoms with Crippen LogP contribution in [0.4, 0.5) is 0 Å². The Hall–Kier alpha value is -1.13. The van der Waals surface area contributed by atoms with Crippen molar-refractivity contribution in [1.29, 1.82) is 0 Å². The van der Waals surface area contributed by atoms with Crippen LogP contribution in [0.25, 0.3) is 0 Å². The second kappa shape index (κ2) is 7.23. The Labute approximate surface area is 127 Å². The SMILES string of the molecule is Cc1cc(OCCN2CCCCC2)c(CNC2CC2)cn1. The van der Waals surface area contributed by atoms with E-state index < -0.39 is 0 Å². The molecule has 1 saturated heterocycles. The van der Waals surface area contributed by atoms with Gasteiger partial charge in [-0.3, -0.25) is 9.88 Å². The lowest BCUT2D eigenvalue weighted by molar-refractivity contribution is 0.182. The summed E-state index contributed by atoms with van der Waals surface area (Å²) in [5, 5.41) is 3.54. The number of hydrogen-bond donors (Lipinski definition) is 1. The molecule has 2 heterocycles. The summed E-state index contributed by atoms with van der Waals surface area (Å²) in [6.07, 6.45) is 8.64. The van der Waals surface area contributed by atoms with Crippen LogP contribution in [0.5, 0.6) is 5.75 Å². The monoisotopic (exact) mass is 289 g/mol. The van der Waals surface area contributed by atoms with E-state index in [1.165, 1.54) is 50.8 Å². The summed E-state index contributed by atoms with van der Waals surface area (Å²) in [7, 11) is 0. The quantitative estimate of drug-likeness (QED) is 0.837. The van der Waals surface area contributed by atoms with Crippen LogP contribution >= 0.6 is 0 Å². The third kappa shape index (κ3) is 4.68. The van der Waals surface area contributed by atoms with E-state index in [4.69, 9.17) is 4.74 Å². The Morgan fingerprint density at radius 1 is 1.29 bits per heavy atom. The first kappa shape index (κ1) is 14.8. The molecule has 116 valence electrons. The molecule has 3 rings (SSSR count). The van der Waals surface area contributed by atoms with Crippen LogP contribution in [-0.4, -0.2) is 42.2 Å². The molecule has 2 fully saturated rings. The van der Waals surface area contributed by atoms with Crippen molar-refractivity contribution < 1.29 is 4.74 Å².